The molecule has 156 valence electrons. The van der Waals surface area contributed by atoms with Crippen molar-refractivity contribution in [2.24, 2.45) is 5.92 Å². The zero-order chi connectivity index (χ0) is 20.8. The lowest BCUT2D eigenvalue weighted by molar-refractivity contribution is -0.139. The SMILES string of the molecule is CCOC(=O)C1=C(CN2CCC(C(=O)Nc3ccccc3)CC2)NC(=O)N[C@H]1C. The molecule has 0 saturated carbocycles. The van der Waals surface area contributed by atoms with Gasteiger partial charge in [0.2, 0.25) is 5.91 Å². The molecule has 1 aromatic carbocycles. The smallest absolute Gasteiger partial charge is 0.337 e. The molecule has 0 spiro atoms. The minimum Gasteiger partial charge on any atom is -0.463 e. The first-order valence-corrected chi connectivity index (χ1v) is 10.0. The number of ether oxygens (including phenoxy) is 1. The van der Waals surface area contributed by atoms with Gasteiger partial charge in [-0.1, -0.05) is 18.2 Å². The Kier molecular flexibility index (Phi) is 6.87. The van der Waals surface area contributed by atoms with Gasteiger partial charge >= 0.3 is 12.0 Å². The molecular formula is C21H28N4O4. The lowest BCUT2D eigenvalue weighted by Crippen LogP contribution is -2.52. The van der Waals surface area contributed by atoms with Crippen LogP contribution in [0.2, 0.25) is 0 Å². The van der Waals surface area contributed by atoms with Crippen LogP contribution in [-0.2, 0) is 14.3 Å². The number of anilines is 1. The van der Waals surface area contributed by atoms with Crippen LogP contribution in [0.1, 0.15) is 26.7 Å². The average molecular weight is 400 g/mol. The van der Waals surface area contributed by atoms with E-state index in [4.69, 9.17) is 4.74 Å². The van der Waals surface area contributed by atoms with E-state index in [0.717, 1.165) is 18.5 Å². The summed E-state index contributed by atoms with van der Waals surface area (Å²) >= 11 is 0. The van der Waals surface area contributed by atoms with Gasteiger partial charge in [-0.05, 0) is 51.9 Å². The average Bonchev–Trinajstić information content (AvgIpc) is 2.69. The van der Waals surface area contributed by atoms with Gasteiger partial charge in [0.05, 0.1) is 18.2 Å². The summed E-state index contributed by atoms with van der Waals surface area (Å²) in [5.74, 6) is -0.433. The Morgan fingerprint density at radius 3 is 2.55 bits per heavy atom. The summed E-state index contributed by atoms with van der Waals surface area (Å²) in [6, 6.07) is 8.70. The van der Waals surface area contributed by atoms with Crippen molar-refractivity contribution in [1.29, 1.82) is 0 Å². The first-order chi connectivity index (χ1) is 14.0. The molecule has 0 aromatic heterocycles. The second kappa shape index (κ2) is 9.56. The molecule has 0 radical (unpaired) electrons. The molecule has 0 bridgehead atoms. The third-order valence-corrected chi connectivity index (χ3v) is 5.25. The molecule has 0 unspecified atom stereocenters. The molecule has 1 aromatic rings. The van der Waals surface area contributed by atoms with E-state index in [1.807, 2.05) is 30.3 Å². The number of amides is 3. The second-order valence-electron chi connectivity index (χ2n) is 7.34. The molecule has 8 heteroatoms. The Morgan fingerprint density at radius 1 is 1.21 bits per heavy atom. The van der Waals surface area contributed by atoms with Crippen molar-refractivity contribution < 1.29 is 19.1 Å². The molecule has 2 heterocycles. The van der Waals surface area contributed by atoms with Crippen LogP contribution in [0.15, 0.2) is 41.6 Å². The van der Waals surface area contributed by atoms with Gasteiger partial charge in [0.1, 0.15) is 0 Å². The topological polar surface area (TPSA) is 99.8 Å². The molecule has 2 aliphatic rings. The quantitative estimate of drug-likeness (QED) is 0.633. The molecule has 2 aliphatic heterocycles. The summed E-state index contributed by atoms with van der Waals surface area (Å²) in [7, 11) is 0. The Labute approximate surface area is 170 Å². The number of nitrogens with zero attached hydrogens (tertiary/aromatic N) is 1. The zero-order valence-corrected chi connectivity index (χ0v) is 16.9. The molecule has 1 saturated heterocycles. The highest BCUT2D eigenvalue weighted by atomic mass is 16.5. The molecule has 3 amide bonds. The first-order valence-electron chi connectivity index (χ1n) is 10.0. The molecule has 29 heavy (non-hydrogen) atoms. The van der Waals surface area contributed by atoms with E-state index < -0.39 is 12.0 Å². The van der Waals surface area contributed by atoms with Crippen molar-refractivity contribution in [1.82, 2.24) is 15.5 Å². The third-order valence-electron chi connectivity index (χ3n) is 5.25. The zero-order valence-electron chi connectivity index (χ0n) is 16.9. The van der Waals surface area contributed by atoms with Crippen LogP contribution in [-0.4, -0.2) is 55.1 Å². The van der Waals surface area contributed by atoms with Gasteiger partial charge in [0.15, 0.2) is 0 Å². The number of benzene rings is 1. The minimum absolute atomic E-state index is 0.0334. The molecule has 1 fully saturated rings. The molecule has 1 atom stereocenters. The highest BCUT2D eigenvalue weighted by Crippen LogP contribution is 2.22. The van der Waals surface area contributed by atoms with Gasteiger partial charge in [0.25, 0.3) is 0 Å². The fourth-order valence-electron chi connectivity index (χ4n) is 3.75. The van der Waals surface area contributed by atoms with Crippen LogP contribution < -0.4 is 16.0 Å². The molecule has 0 aliphatic carbocycles. The van der Waals surface area contributed by atoms with Gasteiger partial charge in [-0.25, -0.2) is 9.59 Å². The van der Waals surface area contributed by atoms with E-state index in [9.17, 15) is 14.4 Å². The van der Waals surface area contributed by atoms with Crippen molar-refractivity contribution in [3.05, 3.63) is 41.6 Å². The van der Waals surface area contributed by atoms with Gasteiger partial charge < -0.3 is 20.7 Å². The fourth-order valence-corrected chi connectivity index (χ4v) is 3.75. The lowest BCUT2D eigenvalue weighted by Gasteiger charge is -2.34. The number of hydrogen-bond donors (Lipinski definition) is 3. The second-order valence-corrected chi connectivity index (χ2v) is 7.34. The third kappa shape index (κ3) is 5.35. The van der Waals surface area contributed by atoms with Gasteiger partial charge in [0, 0.05) is 23.8 Å². The Morgan fingerprint density at radius 2 is 1.90 bits per heavy atom. The van der Waals surface area contributed by atoms with E-state index in [2.05, 4.69) is 20.9 Å². The molecule has 8 nitrogen and oxygen atoms in total. The number of rotatable bonds is 6. The Balaban J connectivity index is 1.59. The Bertz CT molecular complexity index is 785. The van der Waals surface area contributed by atoms with Crippen LogP contribution in [0.25, 0.3) is 0 Å². The molecular weight excluding hydrogens is 372 g/mol. The molecule has 3 rings (SSSR count). The van der Waals surface area contributed by atoms with E-state index in [-0.39, 0.29) is 24.5 Å². The predicted octanol–water partition coefficient (Wildman–Crippen LogP) is 1.86. The maximum Gasteiger partial charge on any atom is 0.337 e. The van der Waals surface area contributed by atoms with Crippen molar-refractivity contribution in [3.8, 4) is 0 Å². The van der Waals surface area contributed by atoms with Crippen molar-refractivity contribution in [2.45, 2.75) is 32.7 Å². The highest BCUT2D eigenvalue weighted by Gasteiger charge is 2.32. The van der Waals surface area contributed by atoms with E-state index in [1.54, 1.807) is 13.8 Å². The summed E-state index contributed by atoms with van der Waals surface area (Å²) < 4.78 is 5.15. The number of piperidine rings is 1. The van der Waals surface area contributed by atoms with E-state index in [1.165, 1.54) is 0 Å². The summed E-state index contributed by atoms with van der Waals surface area (Å²) in [6.45, 7) is 5.67. The number of likely N-dealkylation sites (tertiary alicyclic amines) is 1. The standard InChI is InChI=1S/C21H28N4O4/c1-3-29-20(27)18-14(2)22-21(28)24-17(18)13-25-11-9-15(10-12-25)19(26)23-16-7-5-4-6-8-16/h4-8,14-15H,3,9-13H2,1-2H3,(H,23,26)(H2,22,24,28)/t14-/m0/s1. The summed E-state index contributed by atoms with van der Waals surface area (Å²) in [4.78, 5) is 38.9. The van der Waals surface area contributed by atoms with Gasteiger partial charge in [-0.2, -0.15) is 0 Å². The van der Waals surface area contributed by atoms with Crippen LogP contribution in [0.3, 0.4) is 0 Å². The van der Waals surface area contributed by atoms with Crippen molar-refractivity contribution in [3.63, 3.8) is 0 Å². The number of carbonyl (C=O) groups excluding carboxylic acids is 3. The van der Waals surface area contributed by atoms with Crippen molar-refractivity contribution in [2.75, 3.05) is 31.6 Å². The maximum atomic E-state index is 12.5. The summed E-state index contributed by atoms with van der Waals surface area (Å²) in [5, 5.41) is 8.42. The Hall–Kier alpha value is -2.87. The van der Waals surface area contributed by atoms with Gasteiger partial charge in [-0.3, -0.25) is 9.69 Å². The van der Waals surface area contributed by atoms with Crippen molar-refractivity contribution >= 4 is 23.6 Å². The first kappa shape index (κ1) is 20.9. The normalized spacial score (nSPS) is 20.6. The number of urea groups is 1. The lowest BCUT2D eigenvalue weighted by atomic mass is 9.95. The number of nitrogens with one attached hydrogen (secondary N) is 3. The predicted molar refractivity (Wildman–Crippen MR) is 109 cm³/mol. The number of para-hydroxylation sites is 1. The number of carbonyl (C=O) groups is 3. The van der Waals surface area contributed by atoms with Gasteiger partial charge in [-0.15, -0.1) is 0 Å². The van der Waals surface area contributed by atoms with E-state index >= 15 is 0 Å². The maximum absolute atomic E-state index is 12.5. The van der Waals surface area contributed by atoms with Crippen LogP contribution in [0.5, 0.6) is 0 Å². The highest BCUT2D eigenvalue weighted by molar-refractivity contribution is 5.95. The number of esters is 1. The fraction of sp³-hybridized carbons (Fsp3) is 0.476. The van der Waals surface area contributed by atoms with Crippen LogP contribution in [0, 0.1) is 5.92 Å². The molecule has 3 N–H and O–H groups in total. The summed E-state index contributed by atoms with van der Waals surface area (Å²) in [5.41, 5.74) is 1.83. The minimum atomic E-state index is -0.417. The number of hydrogen-bond acceptors (Lipinski definition) is 5. The van der Waals surface area contributed by atoms with Crippen LogP contribution >= 0.6 is 0 Å². The monoisotopic (exact) mass is 400 g/mol. The largest absolute Gasteiger partial charge is 0.463 e. The van der Waals surface area contributed by atoms with E-state index in [0.29, 0.717) is 30.9 Å². The van der Waals surface area contributed by atoms with Crippen LogP contribution in [0.4, 0.5) is 10.5 Å². The summed E-state index contributed by atoms with van der Waals surface area (Å²) in [6.07, 6.45) is 1.45.